The fraction of sp³-hybridized carbons (Fsp3) is 0.600. The van der Waals surface area contributed by atoms with Gasteiger partial charge >= 0.3 is 5.97 Å². The van der Waals surface area contributed by atoms with E-state index in [1.807, 2.05) is 13.8 Å². The Labute approximate surface area is 112 Å². The van der Waals surface area contributed by atoms with Gasteiger partial charge in [-0.15, -0.1) is 0 Å². The van der Waals surface area contributed by atoms with Crippen LogP contribution in [0.15, 0.2) is 23.3 Å². The maximum atomic E-state index is 11.8. The standard InChI is InChI=1S/C15H20O4/c1-7-4-14(17)12(9(3)15(18)19)5-11-8(2)13(16)6-10(7)11/h7,10,12,14,17H,3-6H2,1-2H3,(H,18,19)/t7-,10+,12+,14+/m1/s1. The van der Waals surface area contributed by atoms with Crippen LogP contribution in [0, 0.1) is 17.8 Å². The highest BCUT2D eigenvalue weighted by molar-refractivity contribution is 5.98. The molecule has 4 heteroatoms. The second-order valence-corrected chi connectivity index (χ2v) is 5.81. The van der Waals surface area contributed by atoms with Gasteiger partial charge in [-0.25, -0.2) is 4.79 Å². The van der Waals surface area contributed by atoms with E-state index in [1.165, 1.54) is 0 Å². The van der Waals surface area contributed by atoms with Crippen molar-refractivity contribution in [3.63, 3.8) is 0 Å². The normalized spacial score (nSPS) is 35.0. The number of carboxylic acid groups (broad SMARTS) is 1. The minimum atomic E-state index is -1.07. The first-order valence-corrected chi connectivity index (χ1v) is 6.66. The molecule has 0 aromatic carbocycles. The molecular weight excluding hydrogens is 244 g/mol. The summed E-state index contributed by atoms with van der Waals surface area (Å²) in [6.45, 7) is 7.41. The quantitative estimate of drug-likeness (QED) is 0.747. The molecule has 1 fully saturated rings. The van der Waals surface area contributed by atoms with Gasteiger partial charge in [0.1, 0.15) is 0 Å². The van der Waals surface area contributed by atoms with Crippen LogP contribution in [0.5, 0.6) is 0 Å². The van der Waals surface area contributed by atoms with Crippen molar-refractivity contribution in [1.82, 2.24) is 0 Å². The van der Waals surface area contributed by atoms with E-state index in [2.05, 4.69) is 6.58 Å². The molecule has 19 heavy (non-hydrogen) atoms. The molecule has 0 bridgehead atoms. The lowest BCUT2D eigenvalue weighted by Crippen LogP contribution is -2.25. The smallest absolute Gasteiger partial charge is 0.331 e. The molecule has 4 atom stereocenters. The first kappa shape index (κ1) is 14.0. The first-order chi connectivity index (χ1) is 8.82. The number of Topliss-reactive ketones (excluding diaryl/α,β-unsaturated/α-hetero) is 1. The van der Waals surface area contributed by atoms with Crippen molar-refractivity contribution in [2.75, 3.05) is 0 Å². The zero-order valence-electron chi connectivity index (χ0n) is 11.3. The number of hydrogen-bond acceptors (Lipinski definition) is 3. The van der Waals surface area contributed by atoms with Crippen LogP contribution in [0.3, 0.4) is 0 Å². The average molecular weight is 264 g/mol. The van der Waals surface area contributed by atoms with Crippen molar-refractivity contribution < 1.29 is 19.8 Å². The van der Waals surface area contributed by atoms with Gasteiger partial charge in [0.25, 0.3) is 0 Å². The monoisotopic (exact) mass is 264 g/mol. The third kappa shape index (κ3) is 2.37. The topological polar surface area (TPSA) is 74.6 Å². The van der Waals surface area contributed by atoms with Crippen LogP contribution in [-0.2, 0) is 9.59 Å². The van der Waals surface area contributed by atoms with Gasteiger partial charge in [0.05, 0.1) is 6.10 Å². The van der Waals surface area contributed by atoms with Gasteiger partial charge in [0, 0.05) is 17.9 Å². The molecule has 2 rings (SSSR count). The summed E-state index contributed by atoms with van der Waals surface area (Å²) in [5.74, 6) is -1.05. The SMILES string of the molecule is C=C(C(=O)O)[C@@H]1CC2=C(C)C(=O)C[C@H]2[C@H](C)C[C@@H]1O. The van der Waals surface area contributed by atoms with Gasteiger partial charge in [0.15, 0.2) is 5.78 Å². The zero-order chi connectivity index (χ0) is 14.3. The Bertz CT molecular complexity index is 475. The molecule has 0 spiro atoms. The molecule has 2 aliphatic rings. The number of hydrogen-bond donors (Lipinski definition) is 2. The van der Waals surface area contributed by atoms with Crippen molar-refractivity contribution in [3.05, 3.63) is 23.3 Å². The molecule has 1 saturated carbocycles. The van der Waals surface area contributed by atoms with Crippen LogP contribution >= 0.6 is 0 Å². The molecule has 0 aromatic heterocycles. The first-order valence-electron chi connectivity index (χ1n) is 6.66. The van der Waals surface area contributed by atoms with Crippen LogP contribution in [-0.4, -0.2) is 28.1 Å². The highest BCUT2D eigenvalue weighted by atomic mass is 16.4. The molecule has 0 unspecified atom stereocenters. The Balaban J connectivity index is 2.37. The minimum Gasteiger partial charge on any atom is -0.478 e. The Morgan fingerprint density at radius 2 is 2.00 bits per heavy atom. The number of fused-ring (bicyclic) bond motifs is 1. The molecule has 0 heterocycles. The summed E-state index contributed by atoms with van der Waals surface area (Å²) in [6, 6.07) is 0. The molecule has 0 amide bonds. The molecule has 0 saturated heterocycles. The highest BCUT2D eigenvalue weighted by Gasteiger charge is 2.41. The number of aliphatic hydroxyl groups excluding tert-OH is 1. The number of rotatable bonds is 2. The Morgan fingerprint density at radius 1 is 1.37 bits per heavy atom. The molecule has 2 N–H and O–H groups in total. The van der Waals surface area contributed by atoms with Gasteiger partial charge in [0.2, 0.25) is 0 Å². The lowest BCUT2D eigenvalue weighted by Gasteiger charge is -2.21. The predicted molar refractivity (Wildman–Crippen MR) is 70.5 cm³/mol. The lowest BCUT2D eigenvalue weighted by molar-refractivity contribution is -0.133. The maximum absolute atomic E-state index is 11.8. The van der Waals surface area contributed by atoms with E-state index < -0.39 is 18.0 Å². The summed E-state index contributed by atoms with van der Waals surface area (Å²) in [5.41, 5.74) is 1.83. The Kier molecular flexibility index (Phi) is 3.63. The van der Waals surface area contributed by atoms with Crippen LogP contribution in [0.1, 0.15) is 33.1 Å². The fourth-order valence-corrected chi connectivity index (χ4v) is 3.38. The molecule has 0 radical (unpaired) electrons. The predicted octanol–water partition coefficient (Wildman–Crippen LogP) is 1.94. The summed E-state index contributed by atoms with van der Waals surface area (Å²) in [5, 5.41) is 19.3. The lowest BCUT2D eigenvalue weighted by atomic mass is 9.86. The van der Waals surface area contributed by atoms with Gasteiger partial charge < -0.3 is 10.2 Å². The second-order valence-electron chi connectivity index (χ2n) is 5.81. The number of aliphatic hydroxyl groups is 1. The second kappa shape index (κ2) is 4.93. The summed E-state index contributed by atoms with van der Waals surface area (Å²) in [4.78, 5) is 22.9. The van der Waals surface area contributed by atoms with Crippen LogP contribution in [0.4, 0.5) is 0 Å². The van der Waals surface area contributed by atoms with Gasteiger partial charge in [-0.05, 0) is 37.2 Å². The summed E-state index contributed by atoms with van der Waals surface area (Å²) in [6.07, 6.45) is 0.769. The van der Waals surface area contributed by atoms with E-state index in [-0.39, 0.29) is 23.2 Å². The maximum Gasteiger partial charge on any atom is 0.331 e. The third-order valence-corrected chi connectivity index (χ3v) is 4.68. The van der Waals surface area contributed by atoms with E-state index >= 15 is 0 Å². The van der Waals surface area contributed by atoms with Crippen molar-refractivity contribution in [2.24, 2.45) is 17.8 Å². The van der Waals surface area contributed by atoms with Crippen molar-refractivity contribution in [3.8, 4) is 0 Å². The van der Waals surface area contributed by atoms with E-state index in [4.69, 9.17) is 5.11 Å². The van der Waals surface area contributed by atoms with E-state index in [1.54, 1.807) is 0 Å². The fourth-order valence-electron chi connectivity index (χ4n) is 3.38. The number of aliphatic carboxylic acids is 1. The summed E-state index contributed by atoms with van der Waals surface area (Å²) in [7, 11) is 0. The molecule has 0 aromatic rings. The van der Waals surface area contributed by atoms with Gasteiger partial charge in [-0.1, -0.05) is 19.1 Å². The third-order valence-electron chi connectivity index (χ3n) is 4.68. The van der Waals surface area contributed by atoms with Crippen LogP contribution in [0.2, 0.25) is 0 Å². The number of carbonyl (C=O) groups excluding carboxylic acids is 1. The van der Waals surface area contributed by atoms with Crippen LogP contribution in [0.25, 0.3) is 0 Å². The van der Waals surface area contributed by atoms with E-state index in [0.29, 0.717) is 19.3 Å². The molecule has 104 valence electrons. The minimum absolute atomic E-state index is 0.0417. The number of ketones is 1. The van der Waals surface area contributed by atoms with Gasteiger partial charge in [-0.2, -0.15) is 0 Å². The van der Waals surface area contributed by atoms with Crippen molar-refractivity contribution in [2.45, 2.75) is 39.2 Å². The van der Waals surface area contributed by atoms with Crippen LogP contribution < -0.4 is 0 Å². The highest BCUT2D eigenvalue weighted by Crippen LogP contribution is 2.45. The van der Waals surface area contributed by atoms with Crippen molar-refractivity contribution >= 4 is 11.8 Å². The molecular formula is C15H20O4. The molecule has 2 aliphatic carbocycles. The van der Waals surface area contributed by atoms with E-state index in [9.17, 15) is 14.7 Å². The average Bonchev–Trinajstić information content (AvgIpc) is 2.54. The Hall–Kier alpha value is -1.42. The van der Waals surface area contributed by atoms with E-state index in [0.717, 1.165) is 11.1 Å². The largest absolute Gasteiger partial charge is 0.478 e. The summed E-state index contributed by atoms with van der Waals surface area (Å²) >= 11 is 0. The Morgan fingerprint density at radius 3 is 2.58 bits per heavy atom. The number of carboxylic acids is 1. The van der Waals surface area contributed by atoms with Crippen molar-refractivity contribution in [1.29, 1.82) is 0 Å². The van der Waals surface area contributed by atoms with Gasteiger partial charge in [-0.3, -0.25) is 4.79 Å². The summed E-state index contributed by atoms with van der Waals surface area (Å²) < 4.78 is 0. The molecule has 0 aliphatic heterocycles. The number of carbonyl (C=O) groups is 2. The number of allylic oxidation sites excluding steroid dienone is 2. The molecule has 4 nitrogen and oxygen atoms in total. The zero-order valence-corrected chi connectivity index (χ0v) is 11.3.